The summed E-state index contributed by atoms with van der Waals surface area (Å²) in [5.74, 6) is 0. The van der Waals surface area contributed by atoms with Crippen LogP contribution in [0.1, 0.15) is 37.5 Å². The van der Waals surface area contributed by atoms with Gasteiger partial charge < -0.3 is 5.73 Å². The average Bonchev–Trinajstić information content (AvgIpc) is 2.22. The molecule has 19 heavy (non-hydrogen) atoms. The molecular weight excluding hydrogens is 250 g/mol. The van der Waals surface area contributed by atoms with Crippen LogP contribution in [-0.4, -0.2) is 9.85 Å². The van der Waals surface area contributed by atoms with Gasteiger partial charge in [-0.3, -0.25) is 20.2 Å². The molecule has 0 unspecified atom stereocenters. The van der Waals surface area contributed by atoms with Gasteiger partial charge in [-0.15, -0.1) is 0 Å². The summed E-state index contributed by atoms with van der Waals surface area (Å²) in [5, 5.41) is 22.5. The number of hydrogen-bond donors (Lipinski definition) is 1. The number of nitrogen functional groups attached to an aromatic ring is 1. The van der Waals surface area contributed by atoms with Crippen LogP contribution in [-0.2, 0) is 5.41 Å². The highest BCUT2D eigenvalue weighted by Gasteiger charge is 2.38. The van der Waals surface area contributed by atoms with Gasteiger partial charge in [0.1, 0.15) is 5.56 Å². The summed E-state index contributed by atoms with van der Waals surface area (Å²) in [5.41, 5.74) is 5.28. The molecule has 1 aromatic carbocycles. The molecule has 2 N–H and O–H groups in total. The number of nitrogens with zero attached hydrogens (tertiary/aromatic N) is 2. The second-order valence-electron chi connectivity index (χ2n) is 5.50. The van der Waals surface area contributed by atoms with Crippen LogP contribution in [0, 0.1) is 34.1 Å². The van der Waals surface area contributed by atoms with Crippen LogP contribution in [0.2, 0.25) is 0 Å². The largest absolute Gasteiger partial charge is 0.398 e. The smallest absolute Gasteiger partial charge is 0.284 e. The Kier molecular flexibility index (Phi) is 3.52. The molecule has 0 aromatic heterocycles. The highest BCUT2D eigenvalue weighted by atomic mass is 16.6. The number of hydrogen-bond acceptors (Lipinski definition) is 5. The van der Waals surface area contributed by atoms with Crippen LogP contribution in [0.3, 0.4) is 0 Å². The first-order valence-electron chi connectivity index (χ1n) is 5.72. The molecule has 0 aliphatic heterocycles. The minimum Gasteiger partial charge on any atom is -0.398 e. The molecule has 0 aliphatic rings. The van der Waals surface area contributed by atoms with Gasteiger partial charge >= 0.3 is 0 Å². The van der Waals surface area contributed by atoms with Crippen LogP contribution in [0.4, 0.5) is 17.1 Å². The molecule has 0 heterocycles. The van der Waals surface area contributed by atoms with E-state index in [1.54, 1.807) is 20.8 Å². The molecular formula is C12H17N3O4. The maximum Gasteiger partial charge on any atom is 0.284 e. The number of rotatable bonds is 2. The lowest BCUT2D eigenvalue weighted by Crippen LogP contribution is -2.19. The van der Waals surface area contributed by atoms with Crippen molar-refractivity contribution in [2.75, 3.05) is 5.73 Å². The third-order valence-corrected chi connectivity index (χ3v) is 3.11. The number of benzene rings is 1. The molecule has 0 radical (unpaired) electrons. The monoisotopic (exact) mass is 267 g/mol. The van der Waals surface area contributed by atoms with Gasteiger partial charge in [0.2, 0.25) is 0 Å². The van der Waals surface area contributed by atoms with E-state index in [2.05, 4.69) is 0 Å². The lowest BCUT2D eigenvalue weighted by molar-refractivity contribution is -0.396. The van der Waals surface area contributed by atoms with Crippen molar-refractivity contribution in [1.29, 1.82) is 0 Å². The molecule has 0 fully saturated rings. The lowest BCUT2D eigenvalue weighted by Gasteiger charge is -2.21. The molecule has 0 saturated heterocycles. The van der Waals surface area contributed by atoms with Gasteiger partial charge in [0.25, 0.3) is 11.4 Å². The van der Waals surface area contributed by atoms with Crippen molar-refractivity contribution in [2.45, 2.75) is 40.0 Å². The Labute approximate surface area is 110 Å². The summed E-state index contributed by atoms with van der Waals surface area (Å²) in [6.07, 6.45) is 0. The van der Waals surface area contributed by atoms with Gasteiger partial charge in [-0.2, -0.15) is 0 Å². The van der Waals surface area contributed by atoms with Gasteiger partial charge in [0.05, 0.1) is 26.7 Å². The van der Waals surface area contributed by atoms with Crippen LogP contribution in [0.25, 0.3) is 0 Å². The van der Waals surface area contributed by atoms with E-state index in [9.17, 15) is 20.2 Å². The minimum atomic E-state index is -0.728. The number of nitro groups is 2. The van der Waals surface area contributed by atoms with Crippen molar-refractivity contribution >= 4 is 17.1 Å². The Morgan fingerprint density at radius 3 is 1.47 bits per heavy atom. The number of nitro benzene ring substituents is 2. The number of nitrogens with two attached hydrogens (primary N) is 1. The van der Waals surface area contributed by atoms with Crippen LogP contribution < -0.4 is 5.73 Å². The highest BCUT2D eigenvalue weighted by molar-refractivity contribution is 5.75. The van der Waals surface area contributed by atoms with E-state index in [4.69, 9.17) is 5.73 Å². The molecule has 7 heteroatoms. The Morgan fingerprint density at radius 2 is 1.26 bits per heavy atom. The summed E-state index contributed by atoms with van der Waals surface area (Å²) < 4.78 is 0. The van der Waals surface area contributed by atoms with Crippen molar-refractivity contribution in [2.24, 2.45) is 0 Å². The number of anilines is 1. The maximum absolute atomic E-state index is 11.3. The molecule has 0 spiro atoms. The zero-order chi connectivity index (χ0) is 15.1. The van der Waals surface area contributed by atoms with Crippen molar-refractivity contribution in [3.05, 3.63) is 36.9 Å². The standard InChI is InChI=1S/C12H17N3O4/c1-6-9(13)7(2)11(15(18)19)8(12(3,4)5)10(6)14(16)17/h13H2,1-5H3. The minimum absolute atomic E-state index is 0.103. The SMILES string of the molecule is Cc1c(N)c(C)c([N+](=O)[O-])c(C(C)(C)C)c1[N+](=O)[O-]. The first kappa shape index (κ1) is 14.9. The van der Waals surface area contributed by atoms with Gasteiger partial charge in [-0.1, -0.05) is 20.8 Å². The molecule has 0 saturated carbocycles. The first-order valence-corrected chi connectivity index (χ1v) is 5.72. The van der Waals surface area contributed by atoms with Crippen LogP contribution in [0.5, 0.6) is 0 Å². The predicted octanol–water partition coefficient (Wildman–Crippen LogP) is 3.00. The molecule has 0 atom stereocenters. The first-order chi connectivity index (χ1) is 8.50. The van der Waals surface area contributed by atoms with E-state index in [-0.39, 0.29) is 33.8 Å². The highest BCUT2D eigenvalue weighted by Crippen LogP contribution is 2.45. The molecule has 1 aromatic rings. The van der Waals surface area contributed by atoms with Crippen molar-refractivity contribution in [3.8, 4) is 0 Å². The van der Waals surface area contributed by atoms with Gasteiger partial charge in [-0.25, -0.2) is 0 Å². The van der Waals surface area contributed by atoms with Crippen molar-refractivity contribution in [3.63, 3.8) is 0 Å². The topological polar surface area (TPSA) is 112 Å². The lowest BCUT2D eigenvalue weighted by atomic mass is 9.81. The second-order valence-corrected chi connectivity index (χ2v) is 5.50. The molecule has 1 rings (SSSR count). The van der Waals surface area contributed by atoms with E-state index in [1.165, 1.54) is 13.8 Å². The molecule has 0 amide bonds. The Balaban J connectivity index is 4.03. The summed E-state index contributed by atoms with van der Waals surface area (Å²) >= 11 is 0. The van der Waals surface area contributed by atoms with Gasteiger partial charge in [0.15, 0.2) is 0 Å². The van der Waals surface area contributed by atoms with E-state index >= 15 is 0 Å². The predicted molar refractivity (Wildman–Crippen MR) is 72.3 cm³/mol. The second kappa shape index (κ2) is 4.49. The summed E-state index contributed by atoms with van der Waals surface area (Å²) in [4.78, 5) is 21.3. The molecule has 104 valence electrons. The summed E-state index contributed by atoms with van der Waals surface area (Å²) in [6.45, 7) is 8.14. The maximum atomic E-state index is 11.3. The van der Waals surface area contributed by atoms with E-state index < -0.39 is 15.3 Å². The average molecular weight is 267 g/mol. The van der Waals surface area contributed by atoms with Gasteiger partial charge in [0, 0.05) is 5.41 Å². The summed E-state index contributed by atoms with van der Waals surface area (Å²) in [6, 6.07) is 0. The van der Waals surface area contributed by atoms with E-state index in [1.807, 2.05) is 0 Å². The normalized spacial score (nSPS) is 11.4. The zero-order valence-electron chi connectivity index (χ0n) is 11.6. The van der Waals surface area contributed by atoms with E-state index in [0.29, 0.717) is 0 Å². The molecule has 0 aliphatic carbocycles. The van der Waals surface area contributed by atoms with E-state index in [0.717, 1.165) is 0 Å². The third-order valence-electron chi connectivity index (χ3n) is 3.11. The fourth-order valence-corrected chi connectivity index (χ4v) is 2.19. The third kappa shape index (κ3) is 2.35. The quantitative estimate of drug-likeness (QED) is 0.502. The van der Waals surface area contributed by atoms with Gasteiger partial charge in [-0.05, 0) is 13.8 Å². The Morgan fingerprint density at radius 1 is 0.947 bits per heavy atom. The summed E-state index contributed by atoms with van der Waals surface area (Å²) in [7, 11) is 0. The molecule has 0 bridgehead atoms. The Hall–Kier alpha value is -2.18. The molecule has 7 nitrogen and oxygen atoms in total. The zero-order valence-corrected chi connectivity index (χ0v) is 11.6. The fourth-order valence-electron chi connectivity index (χ4n) is 2.19. The Bertz CT molecular complexity index is 532. The van der Waals surface area contributed by atoms with Crippen molar-refractivity contribution in [1.82, 2.24) is 0 Å². The van der Waals surface area contributed by atoms with Crippen molar-refractivity contribution < 1.29 is 9.85 Å². The fraction of sp³-hybridized carbons (Fsp3) is 0.500. The van der Waals surface area contributed by atoms with Crippen LogP contribution >= 0.6 is 0 Å². The van der Waals surface area contributed by atoms with Crippen LogP contribution in [0.15, 0.2) is 0 Å².